The normalized spacial score (nSPS) is 20.3. The van der Waals surface area contributed by atoms with Crippen molar-refractivity contribution in [3.05, 3.63) is 30.5 Å². The van der Waals surface area contributed by atoms with Crippen molar-refractivity contribution in [1.82, 2.24) is 34.5 Å². The third-order valence-electron chi connectivity index (χ3n) is 6.78. The second kappa shape index (κ2) is 8.89. The third-order valence-corrected chi connectivity index (χ3v) is 6.78. The van der Waals surface area contributed by atoms with Gasteiger partial charge in [-0.25, -0.2) is 18.0 Å². The van der Waals surface area contributed by atoms with Gasteiger partial charge in [0.15, 0.2) is 0 Å². The lowest BCUT2D eigenvalue weighted by molar-refractivity contribution is -0.0711. The van der Waals surface area contributed by atoms with E-state index in [1.807, 2.05) is 24.3 Å². The smallest absolute Gasteiger partial charge is 0.281 e. The highest BCUT2D eigenvalue weighted by Gasteiger charge is 2.51. The van der Waals surface area contributed by atoms with Gasteiger partial charge in [0.2, 0.25) is 11.8 Å². The summed E-state index contributed by atoms with van der Waals surface area (Å²) in [7, 11) is 1.48. The van der Waals surface area contributed by atoms with Gasteiger partial charge in [-0.3, -0.25) is 9.29 Å². The standard InChI is InChI=1S/C23H25F3N8O2/c1-35-21-20-16(14-3-4-17-18(9-14)33(31-29-17)7-2-6-24)5-8-34(20)30-22(28-21)27-19-10-32(13-23(19,25)26)15-11-36-12-15/h3-5,8-9,15,19H,2,6-7,10-13H2,1H3,(H,27,30)/t19-/m1/s1. The van der Waals surface area contributed by atoms with Crippen molar-refractivity contribution in [1.29, 1.82) is 0 Å². The summed E-state index contributed by atoms with van der Waals surface area (Å²) >= 11 is 0. The topological polar surface area (TPSA) is 94.6 Å². The summed E-state index contributed by atoms with van der Waals surface area (Å²) in [5.74, 6) is -2.62. The summed E-state index contributed by atoms with van der Waals surface area (Å²) in [6, 6.07) is 6.41. The first kappa shape index (κ1) is 23.0. The monoisotopic (exact) mass is 502 g/mol. The number of benzene rings is 1. The number of anilines is 1. The van der Waals surface area contributed by atoms with Crippen molar-refractivity contribution in [2.45, 2.75) is 31.0 Å². The van der Waals surface area contributed by atoms with Gasteiger partial charge in [0.1, 0.15) is 17.1 Å². The summed E-state index contributed by atoms with van der Waals surface area (Å²) in [5, 5.41) is 15.5. The van der Waals surface area contributed by atoms with Crippen LogP contribution in [0.3, 0.4) is 0 Å². The van der Waals surface area contributed by atoms with Crippen LogP contribution in [0.4, 0.5) is 19.1 Å². The molecule has 4 aromatic rings. The molecule has 1 atom stereocenters. The Morgan fingerprint density at radius 3 is 2.86 bits per heavy atom. The van der Waals surface area contributed by atoms with Gasteiger partial charge in [0.05, 0.1) is 45.1 Å². The van der Waals surface area contributed by atoms with Gasteiger partial charge in [0.25, 0.3) is 5.92 Å². The van der Waals surface area contributed by atoms with Crippen molar-refractivity contribution in [3.63, 3.8) is 0 Å². The van der Waals surface area contributed by atoms with E-state index in [1.165, 1.54) is 7.11 Å². The van der Waals surface area contributed by atoms with Crippen molar-refractivity contribution in [2.24, 2.45) is 0 Å². The molecule has 0 amide bonds. The molecule has 2 saturated heterocycles. The number of methoxy groups -OCH3 is 1. The molecule has 36 heavy (non-hydrogen) atoms. The van der Waals surface area contributed by atoms with E-state index in [-0.39, 0.29) is 31.0 Å². The number of aryl methyl sites for hydroxylation is 1. The summed E-state index contributed by atoms with van der Waals surface area (Å²) in [4.78, 5) is 6.15. The second-order valence-electron chi connectivity index (χ2n) is 9.10. The van der Waals surface area contributed by atoms with E-state index in [2.05, 4.69) is 25.7 Å². The number of halogens is 3. The molecule has 5 heterocycles. The lowest BCUT2D eigenvalue weighted by atomic mass is 10.1. The molecule has 0 saturated carbocycles. The van der Waals surface area contributed by atoms with Crippen LogP contribution < -0.4 is 10.1 Å². The first-order chi connectivity index (χ1) is 17.5. The predicted molar refractivity (Wildman–Crippen MR) is 125 cm³/mol. The van der Waals surface area contributed by atoms with Gasteiger partial charge in [-0.2, -0.15) is 4.98 Å². The molecule has 1 N–H and O–H groups in total. The number of nitrogens with one attached hydrogen (secondary N) is 1. The molecule has 2 fully saturated rings. The molecular weight excluding hydrogens is 477 g/mol. The van der Waals surface area contributed by atoms with Gasteiger partial charge in [-0.15, -0.1) is 10.2 Å². The minimum atomic E-state index is -2.93. The van der Waals surface area contributed by atoms with E-state index < -0.39 is 18.6 Å². The zero-order valence-electron chi connectivity index (χ0n) is 19.6. The first-order valence-corrected chi connectivity index (χ1v) is 11.8. The van der Waals surface area contributed by atoms with Crippen molar-refractivity contribution < 1.29 is 22.6 Å². The van der Waals surface area contributed by atoms with Crippen LogP contribution in [0, 0.1) is 0 Å². The number of nitrogens with zero attached hydrogens (tertiary/aromatic N) is 7. The van der Waals surface area contributed by atoms with Gasteiger partial charge in [-0.1, -0.05) is 11.3 Å². The summed E-state index contributed by atoms with van der Waals surface area (Å²) in [6.45, 7) is 0.783. The van der Waals surface area contributed by atoms with Crippen LogP contribution in [0.2, 0.25) is 0 Å². The molecule has 6 rings (SSSR count). The van der Waals surface area contributed by atoms with E-state index in [1.54, 1.807) is 20.3 Å². The highest BCUT2D eigenvalue weighted by molar-refractivity contribution is 5.89. The van der Waals surface area contributed by atoms with Crippen molar-refractivity contribution in [3.8, 4) is 17.0 Å². The highest BCUT2D eigenvalue weighted by atomic mass is 19.3. The molecule has 0 aliphatic carbocycles. The molecule has 1 aromatic carbocycles. The number of aromatic nitrogens is 6. The lowest BCUT2D eigenvalue weighted by Gasteiger charge is -2.34. The maximum Gasteiger partial charge on any atom is 0.281 e. The number of likely N-dealkylation sites (tertiary alicyclic amines) is 1. The van der Waals surface area contributed by atoms with E-state index in [9.17, 15) is 13.2 Å². The minimum Gasteiger partial charge on any atom is -0.479 e. The number of rotatable bonds is 8. The largest absolute Gasteiger partial charge is 0.479 e. The Bertz CT molecular complexity index is 1400. The van der Waals surface area contributed by atoms with Crippen LogP contribution in [0.25, 0.3) is 27.7 Å². The van der Waals surface area contributed by atoms with E-state index >= 15 is 0 Å². The number of hydrogen-bond acceptors (Lipinski definition) is 8. The number of ether oxygens (including phenoxy) is 2. The number of fused-ring (bicyclic) bond motifs is 2. The zero-order valence-corrected chi connectivity index (χ0v) is 19.6. The van der Waals surface area contributed by atoms with Crippen LogP contribution in [0.1, 0.15) is 6.42 Å². The van der Waals surface area contributed by atoms with E-state index in [0.717, 1.165) is 16.6 Å². The minimum absolute atomic E-state index is 0.0217. The molecule has 0 radical (unpaired) electrons. The Hall–Kier alpha value is -3.45. The van der Waals surface area contributed by atoms with Crippen LogP contribution in [0.5, 0.6) is 5.88 Å². The Morgan fingerprint density at radius 2 is 2.11 bits per heavy atom. The average molecular weight is 503 g/mol. The molecule has 13 heteroatoms. The second-order valence-corrected chi connectivity index (χ2v) is 9.10. The fourth-order valence-corrected chi connectivity index (χ4v) is 4.77. The summed E-state index contributed by atoms with van der Waals surface area (Å²) < 4.78 is 56.1. The van der Waals surface area contributed by atoms with Crippen molar-refractivity contribution in [2.75, 3.05) is 45.4 Å². The van der Waals surface area contributed by atoms with Gasteiger partial charge >= 0.3 is 0 Å². The average Bonchev–Trinajstić information content (AvgIpc) is 3.51. The van der Waals surface area contributed by atoms with Crippen LogP contribution in [-0.4, -0.2) is 92.6 Å². The van der Waals surface area contributed by atoms with Crippen molar-refractivity contribution >= 4 is 22.5 Å². The maximum atomic E-state index is 14.7. The maximum absolute atomic E-state index is 14.7. The lowest BCUT2D eigenvalue weighted by Crippen LogP contribution is -2.48. The molecule has 2 aliphatic rings. The fraction of sp³-hybridized carbons (Fsp3) is 0.478. The number of alkyl halides is 3. The predicted octanol–water partition coefficient (Wildman–Crippen LogP) is 2.64. The van der Waals surface area contributed by atoms with Crippen LogP contribution >= 0.6 is 0 Å². The zero-order chi connectivity index (χ0) is 24.9. The third kappa shape index (κ3) is 3.91. The van der Waals surface area contributed by atoms with Crippen LogP contribution in [-0.2, 0) is 11.3 Å². The molecular formula is C23H25F3N8O2. The molecule has 0 bridgehead atoms. The summed E-state index contributed by atoms with van der Waals surface area (Å²) in [5.41, 5.74) is 3.72. The quantitative estimate of drug-likeness (QED) is 0.393. The van der Waals surface area contributed by atoms with E-state index in [4.69, 9.17) is 9.47 Å². The highest BCUT2D eigenvalue weighted by Crippen LogP contribution is 2.35. The molecule has 190 valence electrons. The van der Waals surface area contributed by atoms with E-state index in [0.29, 0.717) is 37.2 Å². The van der Waals surface area contributed by atoms with Gasteiger partial charge in [-0.05, 0) is 30.2 Å². The Labute approximate surface area is 204 Å². The summed E-state index contributed by atoms with van der Waals surface area (Å²) in [6.07, 6.45) is 2.08. The molecule has 2 aliphatic heterocycles. The molecule has 0 unspecified atom stereocenters. The first-order valence-electron chi connectivity index (χ1n) is 11.8. The Morgan fingerprint density at radius 1 is 1.25 bits per heavy atom. The number of hydrogen-bond donors (Lipinski definition) is 1. The Balaban J connectivity index is 1.32. The molecule has 10 nitrogen and oxygen atoms in total. The Kier molecular flexibility index (Phi) is 5.67. The molecule has 0 spiro atoms. The SMILES string of the molecule is COc1nc(N[C@@H]2CN(C3COC3)CC2(F)F)nn2ccc(-c3ccc4nnn(CCCF)c4c3)c12. The van der Waals surface area contributed by atoms with Gasteiger partial charge < -0.3 is 14.8 Å². The molecule has 3 aromatic heterocycles. The van der Waals surface area contributed by atoms with Crippen LogP contribution in [0.15, 0.2) is 30.5 Å². The van der Waals surface area contributed by atoms with Gasteiger partial charge in [0, 0.05) is 24.8 Å². The fourth-order valence-electron chi connectivity index (χ4n) is 4.77.